The second-order valence-corrected chi connectivity index (χ2v) is 6.64. The molecule has 0 aliphatic heterocycles. The Morgan fingerprint density at radius 3 is 2.95 bits per heavy atom. The Labute approximate surface area is 131 Å². The molecule has 0 spiro atoms. The van der Waals surface area contributed by atoms with Gasteiger partial charge in [-0.15, -0.1) is 0 Å². The highest BCUT2D eigenvalue weighted by molar-refractivity contribution is 7.99. The van der Waals surface area contributed by atoms with E-state index in [4.69, 9.17) is 5.11 Å². The highest BCUT2D eigenvalue weighted by atomic mass is 32.2. The first-order valence-electron chi connectivity index (χ1n) is 6.54. The van der Waals surface area contributed by atoms with Crippen LogP contribution in [0.3, 0.4) is 0 Å². The van der Waals surface area contributed by atoms with Crippen molar-refractivity contribution >= 4 is 40.5 Å². The van der Waals surface area contributed by atoms with Gasteiger partial charge in [0.2, 0.25) is 0 Å². The number of thioether (sulfide) groups is 2. The van der Waals surface area contributed by atoms with Crippen molar-refractivity contribution in [3.8, 4) is 0 Å². The monoisotopic (exact) mass is 328 g/mol. The topological polar surface area (TPSA) is 55.1 Å². The molecule has 0 saturated heterocycles. The molecule has 1 unspecified atom stereocenters. The van der Waals surface area contributed by atoms with Crippen LogP contribution in [0.2, 0.25) is 0 Å². The summed E-state index contributed by atoms with van der Waals surface area (Å²) in [5.74, 6) is -0.271. The summed E-state index contributed by atoms with van der Waals surface area (Å²) in [6, 6.07) is 4.69. The summed E-state index contributed by atoms with van der Waals surface area (Å²) in [4.78, 5) is 15.2. The van der Waals surface area contributed by atoms with E-state index in [0.717, 1.165) is 17.7 Å². The molecule has 1 aromatic heterocycles. The van der Waals surface area contributed by atoms with Gasteiger partial charge in [0.25, 0.3) is 0 Å². The lowest BCUT2D eigenvalue weighted by molar-refractivity contribution is -0.133. The van der Waals surface area contributed by atoms with Crippen molar-refractivity contribution in [1.82, 2.24) is 9.55 Å². The molecule has 0 aliphatic carbocycles. The minimum atomic E-state index is -0.887. The minimum Gasteiger partial charge on any atom is -0.481 e. The van der Waals surface area contributed by atoms with Crippen LogP contribution in [0, 0.1) is 5.82 Å². The summed E-state index contributed by atoms with van der Waals surface area (Å²) in [5, 5.41) is 9.47. The van der Waals surface area contributed by atoms with Crippen LogP contribution in [0.25, 0.3) is 11.0 Å². The number of aliphatic carboxylic acids is 1. The zero-order chi connectivity index (χ0) is 15.4. The molecule has 7 heteroatoms. The van der Waals surface area contributed by atoms with Crippen molar-refractivity contribution in [2.45, 2.75) is 24.5 Å². The fourth-order valence-electron chi connectivity index (χ4n) is 2.12. The van der Waals surface area contributed by atoms with Crippen molar-refractivity contribution in [2.24, 2.45) is 0 Å². The fourth-order valence-corrected chi connectivity index (χ4v) is 3.53. The van der Waals surface area contributed by atoms with E-state index < -0.39 is 5.97 Å². The Morgan fingerprint density at radius 1 is 1.52 bits per heavy atom. The number of fused-ring (bicyclic) bond motifs is 1. The number of halogens is 1. The highest BCUT2D eigenvalue weighted by Crippen LogP contribution is 2.30. The molecule has 0 saturated carbocycles. The van der Waals surface area contributed by atoms with Crippen LogP contribution < -0.4 is 0 Å². The minimum absolute atomic E-state index is 0.0545. The molecule has 114 valence electrons. The second-order valence-electron chi connectivity index (χ2n) is 4.71. The van der Waals surface area contributed by atoms with Gasteiger partial charge in [-0.25, -0.2) is 9.37 Å². The van der Waals surface area contributed by atoms with Crippen LogP contribution in [-0.4, -0.2) is 38.4 Å². The second kappa shape index (κ2) is 7.17. The van der Waals surface area contributed by atoms with Crippen molar-refractivity contribution in [3.05, 3.63) is 24.0 Å². The average Bonchev–Trinajstić information content (AvgIpc) is 2.79. The third-order valence-electron chi connectivity index (χ3n) is 3.12. The van der Waals surface area contributed by atoms with Gasteiger partial charge in [0.15, 0.2) is 5.16 Å². The van der Waals surface area contributed by atoms with E-state index in [1.54, 1.807) is 17.8 Å². The maximum Gasteiger partial charge on any atom is 0.313 e. The third kappa shape index (κ3) is 3.91. The quantitative estimate of drug-likeness (QED) is 0.786. The molecule has 1 heterocycles. The number of hydrogen-bond acceptors (Lipinski definition) is 4. The lowest BCUT2D eigenvalue weighted by atomic mass is 10.2. The van der Waals surface area contributed by atoms with E-state index in [-0.39, 0.29) is 17.6 Å². The van der Waals surface area contributed by atoms with E-state index >= 15 is 0 Å². The summed E-state index contributed by atoms with van der Waals surface area (Å²) < 4.78 is 15.4. The Morgan fingerprint density at radius 2 is 2.29 bits per heavy atom. The van der Waals surface area contributed by atoms with Crippen molar-refractivity contribution in [1.29, 1.82) is 0 Å². The first-order chi connectivity index (χ1) is 10.0. The first-order valence-corrected chi connectivity index (χ1v) is 8.92. The van der Waals surface area contributed by atoms with E-state index in [9.17, 15) is 9.18 Å². The highest BCUT2D eigenvalue weighted by Gasteiger charge is 2.17. The number of nitrogens with zero attached hydrogens (tertiary/aromatic N) is 2. The van der Waals surface area contributed by atoms with Gasteiger partial charge in [0, 0.05) is 12.1 Å². The summed E-state index contributed by atoms with van der Waals surface area (Å²) in [6.45, 7) is 2.07. The molecule has 1 N–H and O–H groups in total. The molecule has 2 rings (SSSR count). The van der Waals surface area contributed by atoms with Crippen LogP contribution in [0.4, 0.5) is 4.39 Å². The summed E-state index contributed by atoms with van der Waals surface area (Å²) in [6.07, 6.45) is 3.00. The lowest BCUT2D eigenvalue weighted by Crippen LogP contribution is -2.09. The number of carbonyl (C=O) groups is 1. The number of hydrogen-bond donors (Lipinski definition) is 1. The van der Waals surface area contributed by atoms with Gasteiger partial charge in [-0.1, -0.05) is 11.8 Å². The van der Waals surface area contributed by atoms with Crippen LogP contribution in [0.15, 0.2) is 23.4 Å². The zero-order valence-electron chi connectivity index (χ0n) is 11.9. The Hall–Kier alpha value is -1.21. The van der Waals surface area contributed by atoms with Crippen LogP contribution in [0.5, 0.6) is 0 Å². The SMILES string of the molecule is CSCCC(C)n1c(SCC(=O)O)nc2cc(F)ccc21. The zero-order valence-corrected chi connectivity index (χ0v) is 13.5. The molecule has 2 aromatic rings. The standard InChI is InChI=1S/C14H17FN2O2S2/c1-9(5-6-20-2)17-12-4-3-10(15)7-11(12)16-14(17)21-8-13(18)19/h3-4,7,9H,5-6,8H2,1-2H3,(H,18,19). The normalized spacial score (nSPS) is 12.7. The van der Waals surface area contributed by atoms with Crippen molar-refractivity contribution in [3.63, 3.8) is 0 Å². The molecule has 1 aromatic carbocycles. The predicted molar refractivity (Wildman–Crippen MR) is 85.8 cm³/mol. The van der Waals surface area contributed by atoms with E-state index in [1.807, 2.05) is 10.8 Å². The van der Waals surface area contributed by atoms with Gasteiger partial charge < -0.3 is 9.67 Å². The Bertz CT molecular complexity index is 645. The molecule has 4 nitrogen and oxygen atoms in total. The van der Waals surface area contributed by atoms with Gasteiger partial charge in [-0.3, -0.25) is 4.79 Å². The lowest BCUT2D eigenvalue weighted by Gasteiger charge is -2.16. The van der Waals surface area contributed by atoms with E-state index in [1.165, 1.54) is 23.9 Å². The van der Waals surface area contributed by atoms with Gasteiger partial charge in [0.05, 0.1) is 16.8 Å². The largest absolute Gasteiger partial charge is 0.481 e. The van der Waals surface area contributed by atoms with Gasteiger partial charge >= 0.3 is 5.97 Å². The maximum atomic E-state index is 13.3. The van der Waals surface area contributed by atoms with Gasteiger partial charge in [0.1, 0.15) is 5.82 Å². The van der Waals surface area contributed by atoms with Crippen molar-refractivity contribution < 1.29 is 14.3 Å². The smallest absolute Gasteiger partial charge is 0.313 e. The van der Waals surface area contributed by atoms with Gasteiger partial charge in [-0.2, -0.15) is 11.8 Å². The van der Waals surface area contributed by atoms with Crippen LogP contribution >= 0.6 is 23.5 Å². The van der Waals surface area contributed by atoms with Crippen LogP contribution in [-0.2, 0) is 4.79 Å². The van der Waals surface area contributed by atoms with E-state index in [2.05, 4.69) is 11.9 Å². The number of carboxylic acids is 1. The molecular formula is C14H17FN2O2S2. The molecule has 0 fully saturated rings. The summed E-state index contributed by atoms with van der Waals surface area (Å²) in [5.41, 5.74) is 1.41. The Kier molecular flexibility index (Phi) is 5.52. The summed E-state index contributed by atoms with van der Waals surface area (Å²) >= 11 is 2.94. The number of aromatic nitrogens is 2. The number of carboxylic acid groups (broad SMARTS) is 1. The van der Waals surface area contributed by atoms with Crippen molar-refractivity contribution in [2.75, 3.05) is 17.8 Å². The van der Waals surface area contributed by atoms with Crippen LogP contribution in [0.1, 0.15) is 19.4 Å². The molecule has 0 aliphatic rings. The first kappa shape index (κ1) is 16.2. The number of benzene rings is 1. The third-order valence-corrected chi connectivity index (χ3v) is 4.71. The fraction of sp³-hybridized carbons (Fsp3) is 0.429. The predicted octanol–water partition coefficient (Wildman–Crippen LogP) is 3.67. The van der Waals surface area contributed by atoms with E-state index in [0.29, 0.717) is 10.7 Å². The number of rotatable bonds is 7. The number of imidazole rings is 1. The molecule has 0 radical (unpaired) electrons. The molecule has 0 bridgehead atoms. The Balaban J connectivity index is 2.41. The molecule has 1 atom stereocenters. The summed E-state index contributed by atoms with van der Waals surface area (Å²) in [7, 11) is 0. The maximum absolute atomic E-state index is 13.3. The molecule has 21 heavy (non-hydrogen) atoms. The molecular weight excluding hydrogens is 311 g/mol. The van der Waals surface area contributed by atoms with Gasteiger partial charge in [-0.05, 0) is 37.5 Å². The average molecular weight is 328 g/mol. The molecule has 0 amide bonds.